The van der Waals surface area contributed by atoms with Crippen molar-refractivity contribution < 1.29 is 4.79 Å². The first-order valence-electron chi connectivity index (χ1n) is 5.14. The van der Waals surface area contributed by atoms with Crippen LogP contribution in [0.2, 0.25) is 0 Å². The van der Waals surface area contributed by atoms with Crippen LogP contribution in [0.5, 0.6) is 0 Å². The van der Waals surface area contributed by atoms with Crippen molar-refractivity contribution in [2.75, 3.05) is 5.32 Å². The molecule has 1 unspecified atom stereocenters. The van der Waals surface area contributed by atoms with Gasteiger partial charge < -0.3 is 5.32 Å². The number of aliphatic imine (C=N–C) groups is 1. The second-order valence-electron chi connectivity index (χ2n) is 3.79. The molecule has 3 heteroatoms. The van der Waals surface area contributed by atoms with Crippen LogP contribution in [0.25, 0.3) is 0 Å². The van der Waals surface area contributed by atoms with Crippen LogP contribution in [0.15, 0.2) is 53.6 Å². The Morgan fingerprint density at radius 3 is 2.94 bits per heavy atom. The maximum absolute atomic E-state index is 12.1. The predicted molar refractivity (Wildman–Crippen MR) is 63.5 cm³/mol. The van der Waals surface area contributed by atoms with Crippen molar-refractivity contribution in [2.45, 2.75) is 5.54 Å². The first-order chi connectivity index (χ1) is 7.83. The number of allylic oxidation sites excluding steroid dienone is 3. The van der Waals surface area contributed by atoms with Gasteiger partial charge in [-0.25, -0.2) is 0 Å². The summed E-state index contributed by atoms with van der Waals surface area (Å²) in [5, 5.41) is 2.85. The van der Waals surface area contributed by atoms with Crippen molar-refractivity contribution in [3.63, 3.8) is 0 Å². The number of carbonyl (C=O) groups excluding carboxylic acids is 1. The van der Waals surface area contributed by atoms with E-state index in [0.29, 0.717) is 0 Å². The molecule has 0 radical (unpaired) electrons. The van der Waals surface area contributed by atoms with Gasteiger partial charge in [0.15, 0.2) is 5.54 Å². The van der Waals surface area contributed by atoms with Gasteiger partial charge in [-0.15, -0.1) is 0 Å². The lowest BCUT2D eigenvalue weighted by Gasteiger charge is -2.17. The normalized spacial score (nSPS) is 25.6. The standard InChI is InChI=1S/C13H10N2O/c16-12-13(8-4-1-5-9-14-13)10-6-2-3-7-11(10)15-12/h1-9H,(H,15,16). The molecule has 16 heavy (non-hydrogen) atoms. The number of rotatable bonds is 0. The van der Waals surface area contributed by atoms with Gasteiger partial charge >= 0.3 is 0 Å². The molecule has 2 aliphatic rings. The van der Waals surface area contributed by atoms with Crippen molar-refractivity contribution in [1.82, 2.24) is 0 Å². The van der Waals surface area contributed by atoms with Gasteiger partial charge in [-0.3, -0.25) is 9.79 Å². The highest BCUT2D eigenvalue weighted by Crippen LogP contribution is 2.40. The lowest BCUT2D eigenvalue weighted by molar-refractivity contribution is -0.119. The van der Waals surface area contributed by atoms with Gasteiger partial charge in [0.25, 0.3) is 5.91 Å². The molecule has 1 spiro atoms. The lowest BCUT2D eigenvalue weighted by Crippen LogP contribution is -2.30. The summed E-state index contributed by atoms with van der Waals surface area (Å²) >= 11 is 0. The molecule has 0 fully saturated rings. The molecule has 1 amide bonds. The smallest absolute Gasteiger partial charge is 0.261 e. The zero-order chi connectivity index (χ0) is 11.0. The fraction of sp³-hybridized carbons (Fsp3) is 0.0769. The summed E-state index contributed by atoms with van der Waals surface area (Å²) < 4.78 is 0. The van der Waals surface area contributed by atoms with Crippen molar-refractivity contribution in [3.05, 3.63) is 54.1 Å². The van der Waals surface area contributed by atoms with Crippen LogP contribution in [-0.2, 0) is 10.3 Å². The van der Waals surface area contributed by atoms with Gasteiger partial charge in [-0.2, -0.15) is 0 Å². The van der Waals surface area contributed by atoms with E-state index in [9.17, 15) is 4.79 Å². The van der Waals surface area contributed by atoms with Crippen LogP contribution in [0, 0.1) is 0 Å². The average molecular weight is 210 g/mol. The number of hydrogen-bond donors (Lipinski definition) is 1. The van der Waals surface area contributed by atoms with Crippen LogP contribution in [0.4, 0.5) is 5.69 Å². The van der Waals surface area contributed by atoms with E-state index in [4.69, 9.17) is 0 Å². The van der Waals surface area contributed by atoms with Crippen molar-refractivity contribution >= 4 is 17.8 Å². The van der Waals surface area contributed by atoms with Gasteiger partial charge in [0.2, 0.25) is 0 Å². The minimum Gasteiger partial charge on any atom is -0.323 e. The Bertz CT molecular complexity index is 525. The molecule has 0 aliphatic carbocycles. The molecule has 0 aromatic heterocycles. The molecule has 3 rings (SSSR count). The van der Waals surface area contributed by atoms with Gasteiger partial charge in [0, 0.05) is 17.5 Å². The highest BCUT2D eigenvalue weighted by molar-refractivity contribution is 6.08. The summed E-state index contributed by atoms with van der Waals surface area (Å²) in [4.78, 5) is 16.4. The molecule has 0 saturated carbocycles. The molecule has 3 nitrogen and oxygen atoms in total. The summed E-state index contributed by atoms with van der Waals surface area (Å²) in [7, 11) is 0. The van der Waals surface area contributed by atoms with Crippen molar-refractivity contribution in [2.24, 2.45) is 4.99 Å². The maximum Gasteiger partial charge on any atom is 0.261 e. The van der Waals surface area contributed by atoms with Gasteiger partial charge in [0.1, 0.15) is 0 Å². The zero-order valence-corrected chi connectivity index (χ0v) is 8.55. The van der Waals surface area contributed by atoms with E-state index in [1.807, 2.05) is 48.6 Å². The number of benzene rings is 1. The number of carbonyl (C=O) groups is 1. The van der Waals surface area contributed by atoms with Crippen molar-refractivity contribution in [3.8, 4) is 0 Å². The molecule has 1 aromatic rings. The second kappa shape index (κ2) is 3.17. The number of nitrogens with zero attached hydrogens (tertiary/aromatic N) is 1. The molecule has 2 aliphatic heterocycles. The van der Waals surface area contributed by atoms with E-state index in [-0.39, 0.29) is 5.91 Å². The first-order valence-corrected chi connectivity index (χ1v) is 5.14. The predicted octanol–water partition coefficient (Wildman–Crippen LogP) is 2.03. The van der Waals surface area contributed by atoms with Gasteiger partial charge in [-0.05, 0) is 18.2 Å². The molecule has 78 valence electrons. The molecule has 1 aromatic carbocycles. The summed E-state index contributed by atoms with van der Waals surface area (Å²) in [6, 6.07) is 7.65. The molecule has 0 bridgehead atoms. The third-order valence-electron chi connectivity index (χ3n) is 2.86. The minimum atomic E-state index is -0.875. The Hall–Kier alpha value is -2.16. The molecule has 1 atom stereocenters. The summed E-state index contributed by atoms with van der Waals surface area (Å²) in [6.45, 7) is 0. The van der Waals surface area contributed by atoms with E-state index < -0.39 is 5.54 Å². The molecular weight excluding hydrogens is 200 g/mol. The molecule has 1 N–H and O–H groups in total. The number of para-hydroxylation sites is 1. The largest absolute Gasteiger partial charge is 0.323 e. The summed E-state index contributed by atoms with van der Waals surface area (Å²) in [5.41, 5.74) is 0.882. The Morgan fingerprint density at radius 2 is 2.00 bits per heavy atom. The third kappa shape index (κ3) is 1.08. The summed E-state index contributed by atoms with van der Waals surface area (Å²) in [5.74, 6) is -0.0927. The Labute approximate surface area is 93.2 Å². The lowest BCUT2D eigenvalue weighted by atomic mass is 9.92. The van der Waals surface area contributed by atoms with Gasteiger partial charge in [0.05, 0.1) is 0 Å². The number of hydrogen-bond acceptors (Lipinski definition) is 2. The zero-order valence-electron chi connectivity index (χ0n) is 8.55. The summed E-state index contributed by atoms with van der Waals surface area (Å²) in [6.07, 6.45) is 9.04. The van der Waals surface area contributed by atoms with Crippen LogP contribution in [0.3, 0.4) is 0 Å². The molecule has 0 saturated heterocycles. The average Bonchev–Trinajstić information content (AvgIpc) is 2.49. The topological polar surface area (TPSA) is 41.5 Å². The third-order valence-corrected chi connectivity index (χ3v) is 2.86. The Kier molecular flexibility index (Phi) is 1.80. The van der Waals surface area contributed by atoms with E-state index in [2.05, 4.69) is 10.3 Å². The van der Waals surface area contributed by atoms with E-state index in [1.54, 1.807) is 6.21 Å². The van der Waals surface area contributed by atoms with E-state index in [0.717, 1.165) is 11.3 Å². The Balaban J connectivity index is 2.25. The van der Waals surface area contributed by atoms with Crippen molar-refractivity contribution in [1.29, 1.82) is 0 Å². The van der Waals surface area contributed by atoms with Crippen LogP contribution < -0.4 is 5.32 Å². The number of amides is 1. The highest BCUT2D eigenvalue weighted by Gasteiger charge is 2.44. The minimum absolute atomic E-state index is 0.0927. The van der Waals surface area contributed by atoms with Crippen LogP contribution >= 0.6 is 0 Å². The molecular formula is C13H10N2O. The monoisotopic (exact) mass is 210 g/mol. The number of anilines is 1. The number of fused-ring (bicyclic) bond motifs is 2. The fourth-order valence-electron chi connectivity index (χ4n) is 2.07. The quantitative estimate of drug-likeness (QED) is 0.699. The number of nitrogens with one attached hydrogen (secondary N) is 1. The van der Waals surface area contributed by atoms with Crippen LogP contribution in [0.1, 0.15) is 5.56 Å². The first kappa shape index (κ1) is 9.09. The molecule has 2 heterocycles. The van der Waals surface area contributed by atoms with Gasteiger partial charge in [-0.1, -0.05) is 30.4 Å². The van der Waals surface area contributed by atoms with E-state index >= 15 is 0 Å². The second-order valence-corrected chi connectivity index (χ2v) is 3.79. The van der Waals surface area contributed by atoms with E-state index in [1.165, 1.54) is 0 Å². The maximum atomic E-state index is 12.1. The van der Waals surface area contributed by atoms with Crippen LogP contribution in [-0.4, -0.2) is 12.1 Å². The highest BCUT2D eigenvalue weighted by atomic mass is 16.2. The Morgan fingerprint density at radius 1 is 1.12 bits per heavy atom. The fourth-order valence-corrected chi connectivity index (χ4v) is 2.07. The SMILES string of the molecule is O=C1Nc2ccccc2C12C=CC=CC=N2.